The van der Waals surface area contributed by atoms with Crippen LogP contribution in [-0.2, 0) is 22.2 Å². The fourth-order valence-electron chi connectivity index (χ4n) is 2.59. The first-order chi connectivity index (χ1) is 10.8. The predicted octanol–water partition coefficient (Wildman–Crippen LogP) is 2.44. The lowest BCUT2D eigenvalue weighted by Crippen LogP contribution is -2.16. The van der Waals surface area contributed by atoms with Crippen LogP contribution in [0.5, 0.6) is 0 Å². The van der Waals surface area contributed by atoms with E-state index in [0.717, 1.165) is 16.7 Å². The molecular formula is C18H22O4S. The number of benzene rings is 2. The van der Waals surface area contributed by atoms with Crippen molar-refractivity contribution in [2.45, 2.75) is 32.3 Å². The van der Waals surface area contributed by atoms with Gasteiger partial charge in [0.25, 0.3) is 0 Å². The summed E-state index contributed by atoms with van der Waals surface area (Å²) in [5.74, 6) is -0.432. The molecule has 0 aliphatic rings. The third-order valence-electron chi connectivity index (χ3n) is 3.63. The van der Waals surface area contributed by atoms with Crippen molar-refractivity contribution in [3.8, 4) is 0 Å². The number of sulfone groups is 1. The molecule has 0 heterocycles. The first kappa shape index (κ1) is 17.7. The van der Waals surface area contributed by atoms with Crippen LogP contribution in [0.4, 0.5) is 0 Å². The van der Waals surface area contributed by atoms with Crippen LogP contribution < -0.4 is 0 Å². The number of rotatable bonds is 6. The van der Waals surface area contributed by atoms with Gasteiger partial charge in [-0.2, -0.15) is 0 Å². The van der Waals surface area contributed by atoms with Crippen LogP contribution in [0.2, 0.25) is 0 Å². The van der Waals surface area contributed by atoms with Gasteiger partial charge in [-0.3, -0.25) is 0 Å². The van der Waals surface area contributed by atoms with Crippen molar-refractivity contribution < 1.29 is 18.6 Å². The number of hydrogen-bond acceptors (Lipinski definition) is 4. The second kappa shape index (κ2) is 7.25. The zero-order chi connectivity index (χ0) is 17.0. The van der Waals surface area contributed by atoms with Gasteiger partial charge in [0.1, 0.15) is 0 Å². The topological polar surface area (TPSA) is 74.6 Å². The first-order valence-electron chi connectivity index (χ1n) is 7.44. The Morgan fingerprint density at radius 3 is 2.00 bits per heavy atom. The minimum absolute atomic E-state index is 0.0710. The Hall–Kier alpha value is -1.69. The van der Waals surface area contributed by atoms with E-state index >= 15 is 0 Å². The van der Waals surface area contributed by atoms with E-state index in [9.17, 15) is 13.5 Å². The number of aliphatic hydroxyl groups is 2. The molecule has 5 heteroatoms. The Morgan fingerprint density at radius 2 is 1.48 bits per heavy atom. The third kappa shape index (κ3) is 5.16. The number of aryl methyl sites for hydroxylation is 2. The van der Waals surface area contributed by atoms with E-state index in [2.05, 4.69) is 0 Å². The quantitative estimate of drug-likeness (QED) is 0.851. The highest BCUT2D eigenvalue weighted by Gasteiger charge is 2.20. The molecule has 1 atom stereocenters. The van der Waals surface area contributed by atoms with E-state index in [1.165, 1.54) is 0 Å². The van der Waals surface area contributed by atoms with Gasteiger partial charge in [0.15, 0.2) is 9.84 Å². The summed E-state index contributed by atoms with van der Waals surface area (Å²) in [6, 6.07) is 12.4. The molecule has 0 amide bonds. The lowest BCUT2D eigenvalue weighted by Gasteiger charge is -2.13. The van der Waals surface area contributed by atoms with Gasteiger partial charge in [0, 0.05) is 0 Å². The SMILES string of the molecule is Cc1cc(C)cc(C(O)CS(=O)(=O)Cc2ccc(CO)cc2)c1. The van der Waals surface area contributed by atoms with Gasteiger partial charge in [-0.25, -0.2) is 8.42 Å². The standard InChI is InChI=1S/C18H22O4S/c1-13-7-14(2)9-17(8-13)18(20)12-23(21,22)11-16-5-3-15(10-19)4-6-16/h3-9,18-20H,10-12H2,1-2H3. The second-order valence-corrected chi connectivity index (χ2v) is 8.08. The summed E-state index contributed by atoms with van der Waals surface area (Å²) in [6.07, 6.45) is -1.03. The molecular weight excluding hydrogens is 312 g/mol. The summed E-state index contributed by atoms with van der Waals surface area (Å²) < 4.78 is 24.6. The molecule has 0 aliphatic carbocycles. The van der Waals surface area contributed by atoms with Crippen LogP contribution in [0.25, 0.3) is 0 Å². The van der Waals surface area contributed by atoms with E-state index in [-0.39, 0.29) is 18.1 Å². The minimum Gasteiger partial charge on any atom is -0.392 e. The average molecular weight is 334 g/mol. The fourth-order valence-corrected chi connectivity index (χ4v) is 4.08. The monoisotopic (exact) mass is 334 g/mol. The van der Waals surface area contributed by atoms with Crippen molar-refractivity contribution >= 4 is 9.84 Å². The van der Waals surface area contributed by atoms with Gasteiger partial charge >= 0.3 is 0 Å². The highest BCUT2D eigenvalue weighted by atomic mass is 32.2. The normalized spacial score (nSPS) is 13.0. The summed E-state index contributed by atoms with van der Waals surface area (Å²) in [4.78, 5) is 0. The molecule has 0 spiro atoms. The fraction of sp³-hybridized carbons (Fsp3) is 0.333. The summed E-state index contributed by atoms with van der Waals surface area (Å²) in [5.41, 5.74) is 4.00. The molecule has 2 aromatic carbocycles. The molecule has 2 N–H and O–H groups in total. The largest absolute Gasteiger partial charge is 0.392 e. The van der Waals surface area contributed by atoms with E-state index < -0.39 is 15.9 Å². The highest BCUT2D eigenvalue weighted by Crippen LogP contribution is 2.20. The summed E-state index contributed by atoms with van der Waals surface area (Å²) >= 11 is 0. The van der Waals surface area contributed by atoms with Gasteiger partial charge in [0.05, 0.1) is 24.2 Å². The Kier molecular flexibility index (Phi) is 5.57. The molecule has 2 aromatic rings. The molecule has 4 nitrogen and oxygen atoms in total. The van der Waals surface area contributed by atoms with E-state index in [1.807, 2.05) is 32.0 Å². The van der Waals surface area contributed by atoms with E-state index in [1.54, 1.807) is 24.3 Å². The molecule has 0 radical (unpaired) electrons. The van der Waals surface area contributed by atoms with Crippen molar-refractivity contribution in [1.29, 1.82) is 0 Å². The molecule has 2 rings (SSSR count). The maximum Gasteiger partial charge on any atom is 0.157 e. The van der Waals surface area contributed by atoms with Gasteiger partial charge in [-0.1, -0.05) is 53.6 Å². The molecule has 1 unspecified atom stereocenters. The minimum atomic E-state index is -3.44. The number of aliphatic hydroxyl groups excluding tert-OH is 2. The van der Waals surface area contributed by atoms with Crippen LogP contribution in [-0.4, -0.2) is 24.4 Å². The second-order valence-electron chi connectivity index (χ2n) is 5.97. The highest BCUT2D eigenvalue weighted by molar-refractivity contribution is 7.90. The average Bonchev–Trinajstić information content (AvgIpc) is 2.46. The predicted molar refractivity (Wildman–Crippen MR) is 90.7 cm³/mol. The van der Waals surface area contributed by atoms with Gasteiger partial charge in [-0.15, -0.1) is 0 Å². The molecule has 0 aromatic heterocycles. The summed E-state index contributed by atoms with van der Waals surface area (Å²) in [5, 5.41) is 19.3. The van der Waals surface area contributed by atoms with Gasteiger partial charge in [-0.05, 0) is 30.5 Å². The maximum absolute atomic E-state index is 12.3. The number of hydrogen-bond donors (Lipinski definition) is 2. The molecule has 124 valence electrons. The summed E-state index contributed by atoms with van der Waals surface area (Å²) in [6.45, 7) is 3.76. The van der Waals surface area contributed by atoms with Crippen LogP contribution >= 0.6 is 0 Å². The lowest BCUT2D eigenvalue weighted by molar-refractivity contribution is 0.201. The molecule has 0 saturated carbocycles. The lowest BCUT2D eigenvalue weighted by atomic mass is 10.0. The molecule has 0 bridgehead atoms. The van der Waals surface area contributed by atoms with Crippen LogP contribution in [0.15, 0.2) is 42.5 Å². The third-order valence-corrected chi connectivity index (χ3v) is 5.23. The van der Waals surface area contributed by atoms with Crippen molar-refractivity contribution in [3.63, 3.8) is 0 Å². The molecule has 0 fully saturated rings. The van der Waals surface area contributed by atoms with E-state index in [0.29, 0.717) is 11.1 Å². The Balaban J connectivity index is 2.10. The molecule has 23 heavy (non-hydrogen) atoms. The van der Waals surface area contributed by atoms with Crippen molar-refractivity contribution in [3.05, 3.63) is 70.3 Å². The zero-order valence-corrected chi connectivity index (χ0v) is 14.2. The Bertz CT molecular complexity index is 744. The van der Waals surface area contributed by atoms with Crippen molar-refractivity contribution in [1.82, 2.24) is 0 Å². The summed E-state index contributed by atoms with van der Waals surface area (Å²) in [7, 11) is -3.44. The van der Waals surface area contributed by atoms with Gasteiger partial charge < -0.3 is 10.2 Å². The molecule has 0 aliphatic heterocycles. The van der Waals surface area contributed by atoms with Crippen molar-refractivity contribution in [2.75, 3.05) is 5.75 Å². The van der Waals surface area contributed by atoms with E-state index in [4.69, 9.17) is 5.11 Å². The van der Waals surface area contributed by atoms with Crippen LogP contribution in [0, 0.1) is 13.8 Å². The maximum atomic E-state index is 12.3. The smallest absolute Gasteiger partial charge is 0.157 e. The Labute approximate surface area is 137 Å². The van der Waals surface area contributed by atoms with Crippen molar-refractivity contribution in [2.24, 2.45) is 0 Å². The van der Waals surface area contributed by atoms with Gasteiger partial charge in [0.2, 0.25) is 0 Å². The first-order valence-corrected chi connectivity index (χ1v) is 9.26. The van der Waals surface area contributed by atoms with Crippen LogP contribution in [0.1, 0.15) is 33.9 Å². The Morgan fingerprint density at radius 1 is 0.957 bits per heavy atom. The zero-order valence-electron chi connectivity index (χ0n) is 13.4. The molecule has 0 saturated heterocycles. The van der Waals surface area contributed by atoms with Crippen LogP contribution in [0.3, 0.4) is 0 Å².